The van der Waals surface area contributed by atoms with Crippen LogP contribution in [0.2, 0.25) is 5.02 Å². The van der Waals surface area contributed by atoms with E-state index >= 15 is 0 Å². The van der Waals surface area contributed by atoms with Crippen molar-refractivity contribution in [2.24, 2.45) is 11.5 Å². The van der Waals surface area contributed by atoms with E-state index in [9.17, 15) is 14.4 Å². The number of carbonyl (C=O) groups is 3. The van der Waals surface area contributed by atoms with Gasteiger partial charge in [0.25, 0.3) is 5.91 Å². The second kappa shape index (κ2) is 6.98. The van der Waals surface area contributed by atoms with E-state index in [0.717, 1.165) is 4.90 Å². The summed E-state index contributed by atoms with van der Waals surface area (Å²) in [5.41, 5.74) is 10.0. The number of amides is 3. The lowest BCUT2D eigenvalue weighted by Crippen LogP contribution is -2.43. The molecule has 0 saturated carbocycles. The van der Waals surface area contributed by atoms with Gasteiger partial charge in [0.15, 0.2) is 5.69 Å². The minimum absolute atomic E-state index is 0.0170. The summed E-state index contributed by atoms with van der Waals surface area (Å²) >= 11 is 5.91. The van der Waals surface area contributed by atoms with Crippen molar-refractivity contribution < 1.29 is 14.4 Å². The summed E-state index contributed by atoms with van der Waals surface area (Å²) in [6, 6.07) is 0. The van der Waals surface area contributed by atoms with Crippen molar-refractivity contribution in [2.75, 3.05) is 13.1 Å². The van der Waals surface area contributed by atoms with Gasteiger partial charge in [-0.25, -0.2) is 9.97 Å². The van der Waals surface area contributed by atoms with Crippen molar-refractivity contribution in [3.8, 4) is 0 Å². The van der Waals surface area contributed by atoms with Crippen LogP contribution in [0.25, 0.3) is 0 Å². The third-order valence-electron chi connectivity index (χ3n) is 2.46. The first-order valence-electron chi connectivity index (χ1n) is 6.10. The third-order valence-corrected chi connectivity index (χ3v) is 2.74. The maximum absolute atomic E-state index is 12.3. The van der Waals surface area contributed by atoms with E-state index in [4.69, 9.17) is 23.1 Å². The Bertz CT molecular complexity index is 560. The lowest BCUT2D eigenvalue weighted by Gasteiger charge is -2.19. The Balaban J connectivity index is 3.15. The van der Waals surface area contributed by atoms with Crippen LogP contribution in [0.3, 0.4) is 0 Å². The van der Waals surface area contributed by atoms with Gasteiger partial charge in [-0.2, -0.15) is 0 Å². The molecule has 0 atom stereocenters. The molecular formula is C12H16ClN5O3. The highest BCUT2D eigenvalue weighted by atomic mass is 35.5. The summed E-state index contributed by atoms with van der Waals surface area (Å²) in [6.45, 7) is 2.78. The predicted octanol–water partition coefficient (Wildman–Crippen LogP) is -0.334. The molecule has 0 aliphatic rings. The van der Waals surface area contributed by atoms with E-state index < -0.39 is 30.8 Å². The minimum atomic E-state index is -0.779. The number of aromatic nitrogens is 2. The van der Waals surface area contributed by atoms with E-state index in [1.54, 1.807) is 0 Å². The molecule has 8 nitrogen and oxygen atoms in total. The second-order valence-corrected chi connectivity index (χ2v) is 5.08. The number of rotatable bonds is 6. The summed E-state index contributed by atoms with van der Waals surface area (Å²) in [5.74, 6) is -1.87. The number of primary amides is 2. The van der Waals surface area contributed by atoms with Gasteiger partial charge in [-0.3, -0.25) is 14.4 Å². The second-order valence-electron chi connectivity index (χ2n) is 4.67. The number of nitrogens with zero attached hydrogens (tertiary/aromatic N) is 3. The van der Waals surface area contributed by atoms with Gasteiger partial charge in [0.1, 0.15) is 18.9 Å². The highest BCUT2D eigenvalue weighted by molar-refractivity contribution is 6.33. The Morgan fingerprint density at radius 3 is 2.19 bits per heavy atom. The largest absolute Gasteiger partial charge is 0.368 e. The molecule has 4 N–H and O–H groups in total. The average Bonchev–Trinajstić information content (AvgIpc) is 2.36. The number of nitrogens with two attached hydrogens (primary N) is 2. The molecule has 1 heterocycles. The average molecular weight is 314 g/mol. The van der Waals surface area contributed by atoms with E-state index in [2.05, 4.69) is 9.97 Å². The molecule has 1 rings (SSSR count). The molecule has 0 saturated heterocycles. The molecule has 0 spiro atoms. The zero-order chi connectivity index (χ0) is 16.2. The molecule has 0 unspecified atom stereocenters. The molecule has 0 radical (unpaired) electrons. The van der Waals surface area contributed by atoms with Crippen LogP contribution in [-0.4, -0.2) is 45.7 Å². The maximum Gasteiger partial charge on any atom is 0.275 e. The van der Waals surface area contributed by atoms with Gasteiger partial charge in [-0.05, 0) is 0 Å². The molecule has 1 aromatic rings. The fourth-order valence-electron chi connectivity index (χ4n) is 1.53. The Morgan fingerprint density at radius 2 is 1.76 bits per heavy atom. The van der Waals surface area contributed by atoms with Crippen LogP contribution < -0.4 is 11.5 Å². The quantitative estimate of drug-likeness (QED) is 0.741. The van der Waals surface area contributed by atoms with E-state index in [-0.39, 0.29) is 16.6 Å². The van der Waals surface area contributed by atoms with E-state index in [1.807, 2.05) is 13.8 Å². The first kappa shape index (κ1) is 16.8. The summed E-state index contributed by atoms with van der Waals surface area (Å²) in [4.78, 5) is 43.3. The van der Waals surface area contributed by atoms with Gasteiger partial charge >= 0.3 is 0 Å². The third kappa shape index (κ3) is 4.67. The van der Waals surface area contributed by atoms with Crippen molar-refractivity contribution in [3.63, 3.8) is 0 Å². The minimum Gasteiger partial charge on any atom is -0.368 e. The predicted molar refractivity (Wildman–Crippen MR) is 75.4 cm³/mol. The fraction of sp³-hybridized carbons (Fsp3) is 0.417. The van der Waals surface area contributed by atoms with Gasteiger partial charge in [0.2, 0.25) is 11.8 Å². The standard InChI is InChI=1S/C12H16ClN5O3/c1-6(2)11-16-3-7(13)10(17-11)12(21)18(4-8(14)19)5-9(15)20/h3,6H,4-5H2,1-2H3,(H2,14,19)(H2,15,20). The molecule has 114 valence electrons. The van der Waals surface area contributed by atoms with Crippen LogP contribution >= 0.6 is 11.6 Å². The van der Waals surface area contributed by atoms with Crippen LogP contribution in [0.1, 0.15) is 36.1 Å². The first-order valence-corrected chi connectivity index (χ1v) is 6.48. The zero-order valence-corrected chi connectivity index (χ0v) is 12.4. The molecule has 0 aromatic carbocycles. The molecule has 0 aliphatic heterocycles. The Labute approximate surface area is 126 Å². The summed E-state index contributed by atoms with van der Waals surface area (Å²) in [5, 5.41) is 0.0170. The topological polar surface area (TPSA) is 132 Å². The van der Waals surface area contributed by atoms with Gasteiger partial charge in [-0.15, -0.1) is 0 Å². The molecule has 1 aromatic heterocycles. The molecule has 3 amide bonds. The molecule has 0 aliphatic carbocycles. The number of hydrogen-bond donors (Lipinski definition) is 2. The van der Waals surface area contributed by atoms with Crippen LogP contribution in [0.15, 0.2) is 6.20 Å². The van der Waals surface area contributed by atoms with Gasteiger partial charge in [-0.1, -0.05) is 25.4 Å². The van der Waals surface area contributed by atoms with Gasteiger partial charge < -0.3 is 16.4 Å². The summed E-state index contributed by atoms with van der Waals surface area (Å²) in [6.07, 6.45) is 1.30. The van der Waals surface area contributed by atoms with Crippen LogP contribution in [0.4, 0.5) is 0 Å². The Hall–Kier alpha value is -2.22. The van der Waals surface area contributed by atoms with Gasteiger partial charge in [0, 0.05) is 5.92 Å². The van der Waals surface area contributed by atoms with Crippen molar-refractivity contribution in [3.05, 3.63) is 22.7 Å². The van der Waals surface area contributed by atoms with Crippen molar-refractivity contribution in [1.29, 1.82) is 0 Å². The van der Waals surface area contributed by atoms with E-state index in [0.29, 0.717) is 5.82 Å². The van der Waals surface area contributed by atoms with Crippen molar-refractivity contribution >= 4 is 29.3 Å². The lowest BCUT2D eigenvalue weighted by molar-refractivity contribution is -0.121. The fourth-order valence-corrected chi connectivity index (χ4v) is 1.71. The SMILES string of the molecule is CC(C)c1ncc(Cl)c(C(=O)N(CC(N)=O)CC(N)=O)n1. The van der Waals surface area contributed by atoms with Crippen molar-refractivity contribution in [1.82, 2.24) is 14.9 Å². The zero-order valence-electron chi connectivity index (χ0n) is 11.7. The molecule has 0 fully saturated rings. The summed E-state index contributed by atoms with van der Waals surface area (Å²) < 4.78 is 0. The van der Waals surface area contributed by atoms with Gasteiger partial charge in [0.05, 0.1) is 11.2 Å². The van der Waals surface area contributed by atoms with Crippen LogP contribution in [-0.2, 0) is 9.59 Å². The molecule has 9 heteroatoms. The highest BCUT2D eigenvalue weighted by Crippen LogP contribution is 2.18. The lowest BCUT2D eigenvalue weighted by atomic mass is 10.2. The van der Waals surface area contributed by atoms with E-state index in [1.165, 1.54) is 6.20 Å². The Morgan fingerprint density at radius 1 is 1.24 bits per heavy atom. The first-order chi connectivity index (χ1) is 9.72. The molecule has 21 heavy (non-hydrogen) atoms. The maximum atomic E-state index is 12.3. The van der Waals surface area contributed by atoms with Crippen LogP contribution in [0.5, 0.6) is 0 Å². The number of halogens is 1. The number of carbonyl (C=O) groups excluding carboxylic acids is 3. The normalized spacial score (nSPS) is 10.5. The number of hydrogen-bond acceptors (Lipinski definition) is 5. The van der Waals surface area contributed by atoms with Crippen molar-refractivity contribution in [2.45, 2.75) is 19.8 Å². The monoisotopic (exact) mass is 313 g/mol. The smallest absolute Gasteiger partial charge is 0.275 e. The Kier molecular flexibility index (Phi) is 5.60. The highest BCUT2D eigenvalue weighted by Gasteiger charge is 2.24. The van der Waals surface area contributed by atoms with Crippen LogP contribution in [0, 0.1) is 0 Å². The summed E-state index contributed by atoms with van der Waals surface area (Å²) in [7, 11) is 0. The molecule has 0 bridgehead atoms. The molecular weight excluding hydrogens is 298 g/mol.